The second kappa shape index (κ2) is 4.78. The largest absolute Gasteiger partial charge is 0.497 e. The molecule has 2 unspecified atom stereocenters. The third kappa shape index (κ3) is 2.40. The van der Waals surface area contributed by atoms with Gasteiger partial charge in [0.1, 0.15) is 5.75 Å². The summed E-state index contributed by atoms with van der Waals surface area (Å²) in [5.74, 6) is 2.56. The molecule has 104 valence electrons. The summed E-state index contributed by atoms with van der Waals surface area (Å²) in [4.78, 5) is 0. The van der Waals surface area contributed by atoms with Crippen LogP contribution in [0.2, 0.25) is 0 Å². The summed E-state index contributed by atoms with van der Waals surface area (Å²) in [6.07, 6.45) is 4.12. The molecular weight excluding hydrogens is 246 g/mol. The summed E-state index contributed by atoms with van der Waals surface area (Å²) in [7, 11) is 1.72. The molecule has 0 bridgehead atoms. The molecule has 2 nitrogen and oxygen atoms in total. The molecule has 0 aromatic heterocycles. The summed E-state index contributed by atoms with van der Waals surface area (Å²) in [5.41, 5.74) is 1.50. The fourth-order valence-corrected chi connectivity index (χ4v) is 3.09. The molecule has 0 aliphatic heterocycles. The summed E-state index contributed by atoms with van der Waals surface area (Å²) >= 11 is 0. The first-order valence-electron chi connectivity index (χ1n) is 7.64. The molecule has 0 saturated heterocycles. The maximum atomic E-state index is 5.28. The van der Waals surface area contributed by atoms with Crippen molar-refractivity contribution in [2.45, 2.75) is 31.2 Å². The fourth-order valence-electron chi connectivity index (χ4n) is 3.09. The Morgan fingerprint density at radius 2 is 1.90 bits per heavy atom. The number of hydrogen-bond donors (Lipinski definition) is 1. The van der Waals surface area contributed by atoms with Gasteiger partial charge in [-0.25, -0.2) is 0 Å². The molecule has 0 radical (unpaired) electrons. The Morgan fingerprint density at radius 1 is 1.10 bits per heavy atom. The van der Waals surface area contributed by atoms with Crippen molar-refractivity contribution in [2.24, 2.45) is 5.92 Å². The van der Waals surface area contributed by atoms with Gasteiger partial charge in [-0.1, -0.05) is 24.3 Å². The number of benzene rings is 2. The number of ether oxygens (including phenoxy) is 1. The fraction of sp³-hybridized carbons (Fsp3) is 0.444. The van der Waals surface area contributed by atoms with Gasteiger partial charge < -0.3 is 10.1 Å². The Kier molecular flexibility index (Phi) is 2.92. The van der Waals surface area contributed by atoms with Gasteiger partial charge in [0.25, 0.3) is 0 Å². The average molecular weight is 267 g/mol. The molecule has 0 heterocycles. The first kappa shape index (κ1) is 12.2. The van der Waals surface area contributed by atoms with E-state index >= 15 is 0 Å². The molecular formula is C18H21NO. The Morgan fingerprint density at radius 3 is 2.70 bits per heavy atom. The van der Waals surface area contributed by atoms with E-state index in [1.54, 1.807) is 7.11 Å². The van der Waals surface area contributed by atoms with Crippen LogP contribution in [0.5, 0.6) is 5.75 Å². The predicted molar refractivity (Wildman–Crippen MR) is 82.4 cm³/mol. The normalized spacial score (nSPS) is 24.9. The summed E-state index contributed by atoms with van der Waals surface area (Å²) in [5, 5.41) is 6.24. The topological polar surface area (TPSA) is 21.3 Å². The number of rotatable bonds is 5. The molecule has 2 aliphatic carbocycles. The number of hydrogen-bond acceptors (Lipinski definition) is 2. The van der Waals surface area contributed by atoms with E-state index in [-0.39, 0.29) is 0 Å². The molecule has 0 spiro atoms. The Hall–Kier alpha value is -1.54. The molecule has 0 amide bonds. The summed E-state index contributed by atoms with van der Waals surface area (Å²) < 4.78 is 5.28. The molecule has 2 atom stereocenters. The van der Waals surface area contributed by atoms with Crippen molar-refractivity contribution >= 4 is 10.8 Å². The number of nitrogens with one attached hydrogen (secondary N) is 1. The Balaban J connectivity index is 1.49. The van der Waals surface area contributed by atoms with Crippen LogP contribution in [0.3, 0.4) is 0 Å². The quantitative estimate of drug-likeness (QED) is 0.891. The predicted octanol–water partition coefficient (Wildman–Crippen LogP) is 3.70. The maximum absolute atomic E-state index is 5.28. The van der Waals surface area contributed by atoms with Crippen LogP contribution in [0.15, 0.2) is 36.4 Å². The lowest BCUT2D eigenvalue weighted by Gasteiger charge is -2.06. The van der Waals surface area contributed by atoms with Crippen LogP contribution >= 0.6 is 0 Å². The van der Waals surface area contributed by atoms with E-state index in [9.17, 15) is 0 Å². The van der Waals surface area contributed by atoms with Crippen LogP contribution in [0.25, 0.3) is 10.8 Å². The minimum absolute atomic E-state index is 0.771. The van der Waals surface area contributed by atoms with Gasteiger partial charge in [-0.3, -0.25) is 0 Å². The lowest BCUT2D eigenvalue weighted by atomic mass is 10.0. The highest BCUT2D eigenvalue weighted by Crippen LogP contribution is 2.47. The van der Waals surface area contributed by atoms with Crippen LogP contribution in [-0.2, 0) is 0 Å². The van der Waals surface area contributed by atoms with Gasteiger partial charge in [0.2, 0.25) is 0 Å². The van der Waals surface area contributed by atoms with Crippen LogP contribution in [-0.4, -0.2) is 19.7 Å². The summed E-state index contributed by atoms with van der Waals surface area (Å²) in [6, 6.07) is 14.0. The molecule has 2 saturated carbocycles. The minimum atomic E-state index is 0.771. The van der Waals surface area contributed by atoms with Crippen molar-refractivity contribution in [1.82, 2.24) is 5.32 Å². The van der Waals surface area contributed by atoms with Crippen molar-refractivity contribution in [3.05, 3.63) is 42.0 Å². The van der Waals surface area contributed by atoms with Crippen molar-refractivity contribution in [3.8, 4) is 5.75 Å². The van der Waals surface area contributed by atoms with Gasteiger partial charge in [0.15, 0.2) is 0 Å². The Bertz CT molecular complexity index is 632. The average Bonchev–Trinajstić information content (AvgIpc) is 3.37. The monoisotopic (exact) mass is 267 g/mol. The van der Waals surface area contributed by atoms with E-state index < -0.39 is 0 Å². The molecule has 4 rings (SSSR count). The number of fused-ring (bicyclic) bond motifs is 1. The zero-order valence-corrected chi connectivity index (χ0v) is 11.9. The minimum Gasteiger partial charge on any atom is -0.497 e. The lowest BCUT2D eigenvalue weighted by molar-refractivity contribution is 0.415. The third-order valence-corrected chi connectivity index (χ3v) is 4.67. The first-order valence-corrected chi connectivity index (χ1v) is 7.64. The van der Waals surface area contributed by atoms with Crippen molar-refractivity contribution < 1.29 is 4.74 Å². The zero-order chi connectivity index (χ0) is 13.5. The molecule has 2 aromatic rings. The van der Waals surface area contributed by atoms with Gasteiger partial charge in [0, 0.05) is 6.04 Å². The summed E-state index contributed by atoms with van der Waals surface area (Å²) in [6.45, 7) is 1.20. The highest BCUT2D eigenvalue weighted by molar-refractivity contribution is 5.84. The van der Waals surface area contributed by atoms with E-state index in [4.69, 9.17) is 4.74 Å². The standard InChI is InChI=1S/C18H21NO/c1-20-17-7-4-12-8-14(3-2-13(12)9-17)18-10-15(18)11-19-16-5-6-16/h2-4,7-9,15-16,18-19H,5-6,10-11H2,1H3. The molecule has 2 aliphatic rings. The highest BCUT2D eigenvalue weighted by Gasteiger charge is 2.38. The van der Waals surface area contributed by atoms with Gasteiger partial charge in [-0.15, -0.1) is 0 Å². The van der Waals surface area contributed by atoms with Crippen molar-refractivity contribution in [3.63, 3.8) is 0 Å². The second-order valence-electron chi connectivity index (χ2n) is 6.26. The van der Waals surface area contributed by atoms with Crippen LogP contribution in [0.4, 0.5) is 0 Å². The van der Waals surface area contributed by atoms with Crippen molar-refractivity contribution in [2.75, 3.05) is 13.7 Å². The van der Waals surface area contributed by atoms with Crippen LogP contribution < -0.4 is 10.1 Å². The van der Waals surface area contributed by atoms with E-state index in [1.807, 2.05) is 6.07 Å². The lowest BCUT2D eigenvalue weighted by Crippen LogP contribution is -2.19. The van der Waals surface area contributed by atoms with Gasteiger partial charge in [-0.05, 0) is 66.1 Å². The van der Waals surface area contributed by atoms with Crippen molar-refractivity contribution in [1.29, 1.82) is 0 Å². The Labute approximate surface area is 120 Å². The molecule has 20 heavy (non-hydrogen) atoms. The van der Waals surface area contributed by atoms with E-state index in [0.29, 0.717) is 0 Å². The van der Waals surface area contributed by atoms with Crippen LogP contribution in [0, 0.1) is 5.92 Å². The third-order valence-electron chi connectivity index (χ3n) is 4.67. The van der Waals surface area contributed by atoms with E-state index in [1.165, 1.54) is 42.1 Å². The van der Waals surface area contributed by atoms with Gasteiger partial charge in [0.05, 0.1) is 7.11 Å². The number of methoxy groups -OCH3 is 1. The molecule has 2 aromatic carbocycles. The first-order chi connectivity index (χ1) is 9.83. The van der Waals surface area contributed by atoms with Crippen LogP contribution in [0.1, 0.15) is 30.7 Å². The van der Waals surface area contributed by atoms with E-state index in [0.717, 1.165) is 23.6 Å². The SMILES string of the molecule is COc1ccc2cc(C3CC3CNC3CC3)ccc2c1. The molecule has 1 N–H and O–H groups in total. The van der Waals surface area contributed by atoms with Gasteiger partial charge >= 0.3 is 0 Å². The molecule has 2 heteroatoms. The zero-order valence-electron chi connectivity index (χ0n) is 11.9. The highest BCUT2D eigenvalue weighted by atomic mass is 16.5. The maximum Gasteiger partial charge on any atom is 0.119 e. The second-order valence-corrected chi connectivity index (χ2v) is 6.26. The molecule has 2 fully saturated rings. The smallest absolute Gasteiger partial charge is 0.119 e. The van der Waals surface area contributed by atoms with Gasteiger partial charge in [-0.2, -0.15) is 0 Å². The van der Waals surface area contributed by atoms with E-state index in [2.05, 4.69) is 35.6 Å².